The molecule has 0 unspecified atom stereocenters. The zero-order chi connectivity index (χ0) is 18.9. The van der Waals surface area contributed by atoms with E-state index in [0.29, 0.717) is 35.9 Å². The zero-order valence-electron chi connectivity index (χ0n) is 17.5. The van der Waals surface area contributed by atoms with Gasteiger partial charge in [-0.1, -0.05) is 46.3 Å². The van der Waals surface area contributed by atoms with E-state index in [1.165, 1.54) is 38.5 Å². The van der Waals surface area contributed by atoms with Gasteiger partial charge in [0.25, 0.3) is 0 Å². The van der Waals surface area contributed by atoms with Crippen molar-refractivity contribution < 1.29 is 9.90 Å². The van der Waals surface area contributed by atoms with Gasteiger partial charge in [0, 0.05) is 11.8 Å². The fraction of sp³-hybridized carbons (Fsp3) is 0.875. The van der Waals surface area contributed by atoms with Gasteiger partial charge in [0.2, 0.25) is 0 Å². The summed E-state index contributed by atoms with van der Waals surface area (Å²) in [6.07, 6.45) is 11.0. The highest BCUT2D eigenvalue weighted by atomic mass is 16.3. The highest BCUT2D eigenvalue weighted by Gasteiger charge is 2.68. The summed E-state index contributed by atoms with van der Waals surface area (Å²) in [5.41, 5.74) is 1.50. The van der Waals surface area contributed by atoms with Gasteiger partial charge in [-0.25, -0.2) is 0 Å². The summed E-state index contributed by atoms with van der Waals surface area (Å²) in [6, 6.07) is 0. The predicted octanol–water partition coefficient (Wildman–Crippen LogP) is 5.54. The van der Waals surface area contributed by atoms with Crippen molar-refractivity contribution >= 4 is 5.78 Å². The second kappa shape index (κ2) is 5.93. The molecule has 3 saturated carbocycles. The second-order valence-corrected chi connectivity index (χ2v) is 10.7. The summed E-state index contributed by atoms with van der Waals surface area (Å²) in [5, 5.41) is 11.5. The Morgan fingerprint density at radius 1 is 1.31 bits per heavy atom. The van der Waals surface area contributed by atoms with Crippen LogP contribution in [0, 0.1) is 39.9 Å². The van der Waals surface area contributed by atoms with Crippen LogP contribution >= 0.6 is 0 Å². The van der Waals surface area contributed by atoms with Gasteiger partial charge >= 0.3 is 0 Å². The Labute approximate surface area is 159 Å². The highest BCUT2D eigenvalue weighted by Crippen LogP contribution is 2.71. The lowest BCUT2D eigenvalue weighted by atomic mass is 9.44. The number of hydrogen-bond donors (Lipinski definition) is 1. The molecule has 2 heteroatoms. The molecule has 4 aliphatic rings. The van der Waals surface area contributed by atoms with E-state index < -0.39 is 0 Å². The molecule has 0 bridgehead atoms. The molecule has 0 aromatic heterocycles. The Balaban J connectivity index is 1.76. The minimum Gasteiger partial charge on any atom is -0.393 e. The number of fused-ring (bicyclic) bond motifs is 5. The van der Waals surface area contributed by atoms with Crippen molar-refractivity contribution in [2.75, 3.05) is 0 Å². The molecule has 4 rings (SSSR count). The van der Waals surface area contributed by atoms with E-state index in [4.69, 9.17) is 0 Å². The first-order valence-corrected chi connectivity index (χ1v) is 11.1. The summed E-state index contributed by atoms with van der Waals surface area (Å²) in [4.78, 5) is 13.1. The van der Waals surface area contributed by atoms with Gasteiger partial charge in [0.15, 0.2) is 0 Å². The van der Waals surface area contributed by atoms with Gasteiger partial charge in [-0.2, -0.15) is 0 Å². The average molecular weight is 359 g/mol. The monoisotopic (exact) mass is 358 g/mol. The summed E-state index contributed by atoms with van der Waals surface area (Å²) < 4.78 is 0. The first kappa shape index (κ1) is 18.7. The number of carbonyl (C=O) groups excluding carboxylic acids is 1. The third-order valence-electron chi connectivity index (χ3n) is 10.0. The van der Waals surface area contributed by atoms with Crippen LogP contribution in [-0.4, -0.2) is 17.0 Å². The summed E-state index contributed by atoms with van der Waals surface area (Å²) in [5.74, 6) is 2.41. The maximum atomic E-state index is 13.1. The molecule has 8 atom stereocenters. The topological polar surface area (TPSA) is 37.3 Å². The van der Waals surface area contributed by atoms with Crippen LogP contribution in [0.1, 0.15) is 86.0 Å². The van der Waals surface area contributed by atoms with Gasteiger partial charge in [-0.05, 0) is 79.4 Å². The first-order valence-electron chi connectivity index (χ1n) is 11.1. The zero-order valence-corrected chi connectivity index (χ0v) is 17.5. The molecule has 0 amide bonds. The minimum absolute atomic E-state index is 0.0493. The van der Waals surface area contributed by atoms with Gasteiger partial charge in [0.1, 0.15) is 5.78 Å². The lowest BCUT2D eigenvalue weighted by molar-refractivity contribution is -0.160. The minimum atomic E-state index is -0.276. The largest absolute Gasteiger partial charge is 0.393 e. The van der Waals surface area contributed by atoms with Gasteiger partial charge in [0.05, 0.1) is 6.10 Å². The molecule has 0 saturated heterocycles. The number of aliphatic hydroxyl groups excluding tert-OH is 1. The predicted molar refractivity (Wildman–Crippen MR) is 106 cm³/mol. The van der Waals surface area contributed by atoms with Crippen LogP contribution in [0.25, 0.3) is 0 Å². The third-order valence-corrected chi connectivity index (χ3v) is 10.0. The van der Waals surface area contributed by atoms with Crippen molar-refractivity contribution in [3.8, 4) is 0 Å². The number of aliphatic hydroxyl groups is 1. The Morgan fingerprint density at radius 3 is 2.73 bits per heavy atom. The maximum absolute atomic E-state index is 13.1. The van der Waals surface area contributed by atoms with E-state index in [1.807, 2.05) is 6.92 Å². The molecule has 0 heterocycles. The molecule has 0 aromatic carbocycles. The lowest BCUT2D eigenvalue weighted by Crippen LogP contribution is -2.59. The Hall–Kier alpha value is -0.630. The van der Waals surface area contributed by atoms with E-state index >= 15 is 0 Å². The van der Waals surface area contributed by atoms with Gasteiger partial charge in [-0.15, -0.1) is 0 Å². The van der Waals surface area contributed by atoms with Crippen LogP contribution in [0.5, 0.6) is 0 Å². The molecule has 0 aromatic rings. The summed E-state index contributed by atoms with van der Waals surface area (Å²) >= 11 is 0. The number of hydrogen-bond acceptors (Lipinski definition) is 2. The van der Waals surface area contributed by atoms with Crippen LogP contribution in [-0.2, 0) is 4.79 Å². The molecular formula is C24H38O2. The van der Waals surface area contributed by atoms with Gasteiger partial charge in [-0.3, -0.25) is 4.79 Å². The molecule has 4 aliphatic carbocycles. The van der Waals surface area contributed by atoms with Crippen LogP contribution in [0.4, 0.5) is 0 Å². The standard InChI is InChI=1S/C24H38O2/c1-6-20(26)24(5)15(2)13-18-17-11-10-16-9-7-8-12-22(16,3)21(17)19(25)14-23(18,24)4/h9,15,17-19,21,25H,6-8,10-14H2,1-5H3/t15-,17+,18+,19+,21-,22+,23+,24-/m1/s1. The first-order chi connectivity index (χ1) is 12.2. The second-order valence-electron chi connectivity index (χ2n) is 10.7. The normalized spacial score (nSPS) is 53.3. The molecular weight excluding hydrogens is 320 g/mol. The smallest absolute Gasteiger partial charge is 0.139 e. The Morgan fingerprint density at radius 2 is 2.04 bits per heavy atom. The van der Waals surface area contributed by atoms with E-state index in [2.05, 4.69) is 33.8 Å². The molecule has 3 fully saturated rings. The molecule has 0 spiro atoms. The maximum Gasteiger partial charge on any atom is 0.139 e. The number of allylic oxidation sites excluding steroid dienone is 2. The molecule has 26 heavy (non-hydrogen) atoms. The van der Waals surface area contributed by atoms with Crippen molar-refractivity contribution in [2.45, 2.75) is 92.1 Å². The average Bonchev–Trinajstić information content (AvgIpc) is 2.81. The molecule has 0 radical (unpaired) electrons. The number of carbonyl (C=O) groups is 1. The Kier molecular flexibility index (Phi) is 4.27. The van der Waals surface area contributed by atoms with Crippen LogP contribution in [0.3, 0.4) is 0 Å². The summed E-state index contributed by atoms with van der Waals surface area (Å²) in [6.45, 7) is 11.3. The fourth-order valence-electron chi connectivity index (χ4n) is 8.40. The lowest BCUT2D eigenvalue weighted by Gasteiger charge is -2.61. The SMILES string of the molecule is CCC(=O)[C@@]1(C)[C@H](C)C[C@H]2[C@@H]3CCC4=CCCC[C@]4(C)[C@H]3[C@@H](O)C[C@@]21C. The van der Waals surface area contributed by atoms with Crippen molar-refractivity contribution in [1.82, 2.24) is 0 Å². The summed E-state index contributed by atoms with van der Waals surface area (Å²) in [7, 11) is 0. The highest BCUT2D eigenvalue weighted by molar-refractivity contribution is 5.86. The fourth-order valence-corrected chi connectivity index (χ4v) is 8.40. The number of Topliss-reactive ketones (excluding diaryl/α,β-unsaturated/α-hetero) is 1. The molecule has 1 N–H and O–H groups in total. The molecule has 146 valence electrons. The van der Waals surface area contributed by atoms with E-state index in [9.17, 15) is 9.90 Å². The van der Waals surface area contributed by atoms with Gasteiger partial charge < -0.3 is 5.11 Å². The van der Waals surface area contributed by atoms with Crippen molar-refractivity contribution in [3.63, 3.8) is 0 Å². The van der Waals surface area contributed by atoms with Crippen LogP contribution in [0.2, 0.25) is 0 Å². The number of rotatable bonds is 2. The Bertz CT molecular complexity index is 636. The quantitative estimate of drug-likeness (QED) is 0.658. The molecule has 2 nitrogen and oxygen atoms in total. The van der Waals surface area contributed by atoms with Crippen molar-refractivity contribution in [2.24, 2.45) is 39.9 Å². The third kappa shape index (κ3) is 2.11. The van der Waals surface area contributed by atoms with E-state index in [-0.39, 0.29) is 22.3 Å². The number of ketones is 1. The van der Waals surface area contributed by atoms with E-state index in [1.54, 1.807) is 5.57 Å². The van der Waals surface area contributed by atoms with E-state index in [0.717, 1.165) is 6.42 Å². The van der Waals surface area contributed by atoms with Crippen LogP contribution < -0.4 is 0 Å². The molecule has 0 aliphatic heterocycles. The van der Waals surface area contributed by atoms with Crippen LogP contribution in [0.15, 0.2) is 11.6 Å². The van der Waals surface area contributed by atoms with Crippen molar-refractivity contribution in [1.29, 1.82) is 0 Å². The van der Waals surface area contributed by atoms with Crippen molar-refractivity contribution in [3.05, 3.63) is 11.6 Å².